The first-order chi connectivity index (χ1) is 13.1. The first kappa shape index (κ1) is 23.8. The van der Waals surface area contributed by atoms with Gasteiger partial charge in [0.15, 0.2) is 0 Å². The summed E-state index contributed by atoms with van der Waals surface area (Å²) in [6.45, 7) is 9.39. The topological polar surface area (TPSA) is 74.3 Å². The second-order valence-electron chi connectivity index (χ2n) is 7.96. The number of benzene rings is 1. The van der Waals surface area contributed by atoms with Crippen LogP contribution in [0.4, 0.5) is 4.79 Å². The molecule has 0 aliphatic carbocycles. The molecule has 0 fully saturated rings. The van der Waals surface area contributed by atoms with Gasteiger partial charge >= 0.3 is 12.1 Å². The third-order valence-corrected chi connectivity index (χ3v) is 3.69. The highest BCUT2D eigenvalue weighted by Crippen LogP contribution is 2.18. The molecule has 1 rings (SSSR count). The van der Waals surface area contributed by atoms with Crippen LogP contribution in [0.1, 0.15) is 40.2 Å². The van der Waals surface area contributed by atoms with Crippen molar-refractivity contribution in [1.29, 1.82) is 0 Å². The fraction of sp³-hybridized carbons (Fsp3) is 0.619. The summed E-state index contributed by atoms with van der Waals surface area (Å²) in [4.78, 5) is 26.8. The largest absolute Gasteiger partial charge is 0.497 e. The van der Waals surface area contributed by atoms with Gasteiger partial charge in [0.2, 0.25) is 0 Å². The molecule has 28 heavy (non-hydrogen) atoms. The number of hydrogen-bond donors (Lipinski definition) is 0. The van der Waals surface area contributed by atoms with Crippen LogP contribution in [0.15, 0.2) is 24.3 Å². The van der Waals surface area contributed by atoms with Gasteiger partial charge in [-0.1, -0.05) is 26.0 Å². The maximum absolute atomic E-state index is 12.8. The molecule has 0 aliphatic rings. The SMILES string of the molecule is COCN(C(=O)OC(C)(C)C)[C@@H](Cc1ccc(OC)cc1)C(=O)OCC(C)C. The van der Waals surface area contributed by atoms with Crippen molar-refractivity contribution < 1.29 is 28.5 Å². The minimum Gasteiger partial charge on any atom is -0.497 e. The number of carbonyl (C=O) groups is 2. The molecule has 0 saturated carbocycles. The van der Waals surface area contributed by atoms with E-state index in [2.05, 4.69) is 0 Å². The van der Waals surface area contributed by atoms with Crippen LogP contribution in [0.2, 0.25) is 0 Å². The van der Waals surface area contributed by atoms with Crippen LogP contribution in [0.25, 0.3) is 0 Å². The fourth-order valence-electron chi connectivity index (χ4n) is 2.38. The molecule has 1 atom stereocenters. The summed E-state index contributed by atoms with van der Waals surface area (Å²) in [5.41, 5.74) is 0.159. The van der Waals surface area contributed by atoms with E-state index in [1.54, 1.807) is 40.0 Å². The number of amides is 1. The maximum Gasteiger partial charge on any atom is 0.412 e. The Labute approximate surface area is 167 Å². The second kappa shape index (κ2) is 10.9. The van der Waals surface area contributed by atoms with Crippen LogP contribution in [0.3, 0.4) is 0 Å². The van der Waals surface area contributed by atoms with E-state index in [0.717, 1.165) is 5.56 Å². The number of esters is 1. The van der Waals surface area contributed by atoms with Gasteiger partial charge < -0.3 is 18.9 Å². The van der Waals surface area contributed by atoms with Crippen molar-refractivity contribution in [2.45, 2.75) is 52.7 Å². The van der Waals surface area contributed by atoms with Crippen LogP contribution >= 0.6 is 0 Å². The predicted molar refractivity (Wildman–Crippen MR) is 106 cm³/mol. The van der Waals surface area contributed by atoms with Gasteiger partial charge in [-0.3, -0.25) is 4.90 Å². The van der Waals surface area contributed by atoms with Gasteiger partial charge in [0.1, 0.15) is 24.1 Å². The molecule has 1 amide bonds. The molecule has 1 aromatic rings. The smallest absolute Gasteiger partial charge is 0.412 e. The van der Waals surface area contributed by atoms with Gasteiger partial charge in [0, 0.05) is 13.5 Å². The van der Waals surface area contributed by atoms with E-state index in [0.29, 0.717) is 5.75 Å². The zero-order chi connectivity index (χ0) is 21.3. The summed E-state index contributed by atoms with van der Waals surface area (Å²) in [5, 5.41) is 0. The number of nitrogens with zero attached hydrogens (tertiary/aromatic N) is 1. The summed E-state index contributed by atoms with van der Waals surface area (Å²) < 4.78 is 21.2. The number of rotatable bonds is 9. The summed E-state index contributed by atoms with van der Waals surface area (Å²) in [6, 6.07) is 6.44. The molecule has 0 saturated heterocycles. The van der Waals surface area contributed by atoms with Gasteiger partial charge in [-0.2, -0.15) is 0 Å². The molecule has 0 aromatic heterocycles. The van der Waals surface area contributed by atoms with E-state index >= 15 is 0 Å². The maximum atomic E-state index is 12.8. The van der Waals surface area contributed by atoms with Crippen molar-refractivity contribution >= 4 is 12.1 Å². The Morgan fingerprint density at radius 2 is 1.68 bits per heavy atom. The van der Waals surface area contributed by atoms with Crippen molar-refractivity contribution in [1.82, 2.24) is 4.90 Å². The standard InChI is InChI=1S/C21H33NO6/c1-15(2)13-27-19(23)18(12-16-8-10-17(26-7)11-9-16)22(14-25-6)20(24)28-21(3,4)5/h8-11,15,18H,12-14H2,1-7H3/t18-/m0/s1. The molecule has 7 heteroatoms. The molecule has 0 N–H and O–H groups in total. The van der Waals surface area contributed by atoms with Gasteiger partial charge in [0.05, 0.1) is 13.7 Å². The Kier molecular flexibility index (Phi) is 9.25. The number of carbonyl (C=O) groups excluding carboxylic acids is 2. The first-order valence-corrected chi connectivity index (χ1v) is 9.35. The van der Waals surface area contributed by atoms with E-state index in [1.165, 1.54) is 12.0 Å². The Morgan fingerprint density at radius 1 is 1.07 bits per heavy atom. The van der Waals surface area contributed by atoms with Crippen molar-refractivity contribution in [2.24, 2.45) is 5.92 Å². The highest BCUT2D eigenvalue weighted by molar-refractivity contribution is 5.82. The quantitative estimate of drug-likeness (QED) is 0.469. The van der Waals surface area contributed by atoms with E-state index < -0.39 is 23.7 Å². The minimum atomic E-state index is -0.873. The van der Waals surface area contributed by atoms with Gasteiger partial charge in [0.25, 0.3) is 0 Å². The van der Waals surface area contributed by atoms with Crippen LogP contribution in [0, 0.1) is 5.92 Å². The summed E-state index contributed by atoms with van der Waals surface area (Å²) in [5.74, 6) is 0.402. The lowest BCUT2D eigenvalue weighted by molar-refractivity contribution is -0.153. The van der Waals surface area contributed by atoms with E-state index in [-0.39, 0.29) is 25.7 Å². The Hall–Kier alpha value is -2.28. The fourth-order valence-corrected chi connectivity index (χ4v) is 2.38. The average Bonchev–Trinajstić information content (AvgIpc) is 2.61. The van der Waals surface area contributed by atoms with E-state index in [4.69, 9.17) is 18.9 Å². The summed E-state index contributed by atoms with van der Waals surface area (Å²) in [7, 11) is 3.05. The lowest BCUT2D eigenvalue weighted by Gasteiger charge is -2.32. The lowest BCUT2D eigenvalue weighted by atomic mass is 10.0. The Bertz CT molecular complexity index is 621. The zero-order valence-electron chi connectivity index (χ0n) is 18.0. The second-order valence-corrected chi connectivity index (χ2v) is 7.96. The van der Waals surface area contributed by atoms with Crippen LogP contribution in [-0.4, -0.2) is 56.2 Å². The number of ether oxygens (including phenoxy) is 4. The Morgan fingerprint density at radius 3 is 2.14 bits per heavy atom. The molecular formula is C21H33NO6. The molecule has 1 aromatic carbocycles. The average molecular weight is 395 g/mol. The van der Waals surface area contributed by atoms with E-state index in [1.807, 2.05) is 26.0 Å². The van der Waals surface area contributed by atoms with Crippen molar-refractivity contribution in [3.63, 3.8) is 0 Å². The van der Waals surface area contributed by atoms with Crippen molar-refractivity contribution in [3.05, 3.63) is 29.8 Å². The van der Waals surface area contributed by atoms with Crippen LogP contribution < -0.4 is 4.74 Å². The molecule has 158 valence electrons. The third-order valence-electron chi connectivity index (χ3n) is 3.69. The van der Waals surface area contributed by atoms with Gasteiger partial charge in [-0.25, -0.2) is 9.59 Å². The molecule has 7 nitrogen and oxygen atoms in total. The molecule has 0 radical (unpaired) electrons. The summed E-state index contributed by atoms with van der Waals surface area (Å²) >= 11 is 0. The van der Waals surface area contributed by atoms with Gasteiger partial charge in [-0.05, 0) is 44.4 Å². The Balaban J connectivity index is 3.12. The molecular weight excluding hydrogens is 362 g/mol. The lowest BCUT2D eigenvalue weighted by Crippen LogP contribution is -2.50. The molecule has 0 aliphatic heterocycles. The normalized spacial score (nSPS) is 12.4. The number of methoxy groups -OCH3 is 2. The molecule has 0 heterocycles. The van der Waals surface area contributed by atoms with E-state index in [9.17, 15) is 9.59 Å². The summed E-state index contributed by atoms with van der Waals surface area (Å²) in [6.07, 6.45) is -0.363. The zero-order valence-corrected chi connectivity index (χ0v) is 18.0. The molecule has 0 unspecified atom stereocenters. The minimum absolute atomic E-state index is 0.0908. The van der Waals surface area contributed by atoms with Crippen molar-refractivity contribution in [2.75, 3.05) is 27.6 Å². The third kappa shape index (κ3) is 8.17. The van der Waals surface area contributed by atoms with Crippen LogP contribution in [0.5, 0.6) is 5.75 Å². The highest BCUT2D eigenvalue weighted by atomic mass is 16.6. The number of hydrogen-bond acceptors (Lipinski definition) is 6. The molecule has 0 spiro atoms. The first-order valence-electron chi connectivity index (χ1n) is 9.35. The van der Waals surface area contributed by atoms with Gasteiger partial charge in [-0.15, -0.1) is 0 Å². The highest BCUT2D eigenvalue weighted by Gasteiger charge is 2.34. The van der Waals surface area contributed by atoms with Crippen molar-refractivity contribution in [3.8, 4) is 5.75 Å². The van der Waals surface area contributed by atoms with Crippen LogP contribution in [-0.2, 0) is 25.4 Å². The monoisotopic (exact) mass is 395 g/mol. The molecule has 0 bridgehead atoms. The predicted octanol–water partition coefficient (Wildman–Crippen LogP) is 3.65.